The number of carbonyl (C=O) groups excluding carboxylic acids is 2. The minimum Gasteiger partial charge on any atom is -0.467 e. The number of likely N-dealkylation sites (tertiary alicyclic amines) is 1. The molecule has 1 rings (SSSR count). The largest absolute Gasteiger partial charge is 0.467 e. The van der Waals surface area contributed by atoms with E-state index in [1.807, 2.05) is 18.7 Å². The molecule has 1 unspecified atom stereocenters. The van der Waals surface area contributed by atoms with Gasteiger partial charge in [-0.1, -0.05) is 0 Å². The molecule has 1 aliphatic heterocycles. The number of methoxy groups -OCH3 is 1. The minimum atomic E-state index is -1.06. The van der Waals surface area contributed by atoms with Gasteiger partial charge in [0.05, 0.1) is 19.8 Å². The fraction of sp³-hybridized carbons (Fsp3) is 0.846. The van der Waals surface area contributed by atoms with Crippen molar-refractivity contribution in [2.45, 2.75) is 38.9 Å². The van der Waals surface area contributed by atoms with Crippen LogP contribution in [0.3, 0.4) is 0 Å². The highest BCUT2D eigenvalue weighted by molar-refractivity contribution is 5.74. The van der Waals surface area contributed by atoms with Crippen molar-refractivity contribution in [3.63, 3.8) is 0 Å². The second-order valence-corrected chi connectivity index (χ2v) is 5.12. The summed E-state index contributed by atoms with van der Waals surface area (Å²) in [6.45, 7) is 5.24. The number of aliphatic hydroxyl groups excluding tert-OH is 1. The van der Waals surface area contributed by atoms with Gasteiger partial charge in [-0.2, -0.15) is 0 Å². The van der Waals surface area contributed by atoms with Gasteiger partial charge in [-0.05, 0) is 45.7 Å². The molecule has 0 amide bonds. The molecule has 19 heavy (non-hydrogen) atoms. The molecule has 6 nitrogen and oxygen atoms in total. The highest BCUT2D eigenvalue weighted by Crippen LogP contribution is 2.21. The maximum atomic E-state index is 11.5. The van der Waals surface area contributed by atoms with Crippen LogP contribution >= 0.6 is 0 Å². The van der Waals surface area contributed by atoms with Crippen molar-refractivity contribution < 1.29 is 24.2 Å². The number of hydrogen-bond acceptors (Lipinski definition) is 6. The Morgan fingerprint density at radius 3 is 2.37 bits per heavy atom. The predicted octanol–water partition coefficient (Wildman–Crippen LogP) is 0.184. The standard InChI is InChI=1S/C13H23NO5/c1-9(2)19-11(15)8-14-6-4-10(5-7-14)12(16)13(17)18-3/h9-10,12,16H,4-8H2,1-3H3. The fourth-order valence-corrected chi connectivity index (χ4v) is 2.22. The Hall–Kier alpha value is -1.14. The fourth-order valence-electron chi connectivity index (χ4n) is 2.22. The summed E-state index contributed by atoms with van der Waals surface area (Å²) in [6, 6.07) is 0. The molecule has 1 heterocycles. The van der Waals surface area contributed by atoms with Crippen molar-refractivity contribution in [3.05, 3.63) is 0 Å². The summed E-state index contributed by atoms with van der Waals surface area (Å²) >= 11 is 0. The molecule has 110 valence electrons. The Labute approximate surface area is 113 Å². The highest BCUT2D eigenvalue weighted by atomic mass is 16.5. The molecule has 0 saturated carbocycles. The lowest BCUT2D eigenvalue weighted by atomic mass is 9.91. The van der Waals surface area contributed by atoms with Crippen molar-refractivity contribution >= 4 is 11.9 Å². The van der Waals surface area contributed by atoms with E-state index in [0.29, 0.717) is 25.9 Å². The third-order valence-electron chi connectivity index (χ3n) is 3.24. The lowest BCUT2D eigenvalue weighted by molar-refractivity contribution is -0.155. The van der Waals surface area contributed by atoms with E-state index in [-0.39, 0.29) is 24.5 Å². The van der Waals surface area contributed by atoms with Crippen molar-refractivity contribution in [2.24, 2.45) is 5.92 Å². The molecule has 0 aliphatic carbocycles. The van der Waals surface area contributed by atoms with Gasteiger partial charge in [0.2, 0.25) is 0 Å². The van der Waals surface area contributed by atoms with Crippen LogP contribution < -0.4 is 0 Å². The van der Waals surface area contributed by atoms with Gasteiger partial charge in [0.15, 0.2) is 6.10 Å². The van der Waals surface area contributed by atoms with Gasteiger partial charge in [0, 0.05) is 0 Å². The van der Waals surface area contributed by atoms with Crippen molar-refractivity contribution in [1.29, 1.82) is 0 Å². The van der Waals surface area contributed by atoms with Crippen LogP contribution in [0.25, 0.3) is 0 Å². The predicted molar refractivity (Wildman–Crippen MR) is 68.4 cm³/mol. The van der Waals surface area contributed by atoms with Gasteiger partial charge in [0.1, 0.15) is 0 Å². The van der Waals surface area contributed by atoms with Crippen LogP contribution in [-0.4, -0.2) is 60.9 Å². The summed E-state index contributed by atoms with van der Waals surface area (Å²) in [6.07, 6.45) is 0.178. The van der Waals surface area contributed by atoms with E-state index < -0.39 is 12.1 Å². The van der Waals surface area contributed by atoms with E-state index >= 15 is 0 Å². The third kappa shape index (κ3) is 5.16. The molecule has 6 heteroatoms. The highest BCUT2D eigenvalue weighted by Gasteiger charge is 2.31. The molecule has 1 fully saturated rings. The van der Waals surface area contributed by atoms with Crippen molar-refractivity contribution in [2.75, 3.05) is 26.7 Å². The van der Waals surface area contributed by atoms with Crippen LogP contribution in [0.15, 0.2) is 0 Å². The normalized spacial score (nSPS) is 19.2. The first-order valence-electron chi connectivity index (χ1n) is 6.61. The van der Waals surface area contributed by atoms with Crippen LogP contribution in [0.2, 0.25) is 0 Å². The van der Waals surface area contributed by atoms with E-state index in [2.05, 4.69) is 4.74 Å². The lowest BCUT2D eigenvalue weighted by Gasteiger charge is -2.32. The second kappa shape index (κ2) is 7.45. The number of piperidine rings is 1. The van der Waals surface area contributed by atoms with Crippen LogP contribution in [0.4, 0.5) is 0 Å². The molecular weight excluding hydrogens is 250 g/mol. The minimum absolute atomic E-state index is 0.0928. The van der Waals surface area contributed by atoms with Crippen LogP contribution in [0, 0.1) is 5.92 Å². The number of aliphatic hydroxyl groups is 1. The molecule has 0 aromatic heterocycles. The number of hydrogen-bond donors (Lipinski definition) is 1. The Kier molecular flexibility index (Phi) is 6.24. The van der Waals surface area contributed by atoms with Crippen molar-refractivity contribution in [1.82, 2.24) is 4.90 Å². The summed E-state index contributed by atoms with van der Waals surface area (Å²) in [5.41, 5.74) is 0. The molecular formula is C13H23NO5. The first kappa shape index (κ1) is 15.9. The molecule has 0 aromatic carbocycles. The number of nitrogens with zero attached hydrogens (tertiary/aromatic N) is 1. The maximum Gasteiger partial charge on any atom is 0.334 e. The molecule has 0 radical (unpaired) electrons. The number of esters is 2. The quantitative estimate of drug-likeness (QED) is 0.720. The van der Waals surface area contributed by atoms with Gasteiger partial charge >= 0.3 is 11.9 Å². The van der Waals surface area contributed by atoms with Gasteiger partial charge < -0.3 is 14.6 Å². The SMILES string of the molecule is COC(=O)C(O)C1CCN(CC(=O)OC(C)C)CC1. The average Bonchev–Trinajstić information content (AvgIpc) is 2.36. The van der Waals surface area contributed by atoms with E-state index in [4.69, 9.17) is 4.74 Å². The molecule has 1 N–H and O–H groups in total. The summed E-state index contributed by atoms with van der Waals surface area (Å²) in [4.78, 5) is 24.7. The zero-order valence-corrected chi connectivity index (χ0v) is 11.8. The Bertz CT molecular complexity index is 310. The Morgan fingerprint density at radius 2 is 1.89 bits per heavy atom. The average molecular weight is 273 g/mol. The molecule has 0 spiro atoms. The number of rotatable bonds is 5. The van der Waals surface area contributed by atoms with Gasteiger partial charge in [0.25, 0.3) is 0 Å². The molecule has 0 bridgehead atoms. The molecule has 0 aromatic rings. The molecule has 1 saturated heterocycles. The van der Waals surface area contributed by atoms with Crippen molar-refractivity contribution in [3.8, 4) is 0 Å². The third-order valence-corrected chi connectivity index (χ3v) is 3.24. The summed E-state index contributed by atoms with van der Waals surface area (Å²) in [5.74, 6) is -0.913. The first-order chi connectivity index (χ1) is 8.93. The van der Waals surface area contributed by atoms with Gasteiger partial charge in [-0.15, -0.1) is 0 Å². The molecule has 1 atom stereocenters. The Morgan fingerprint density at radius 1 is 1.32 bits per heavy atom. The molecule has 1 aliphatic rings. The van der Waals surface area contributed by atoms with Gasteiger partial charge in [-0.25, -0.2) is 4.79 Å². The zero-order chi connectivity index (χ0) is 14.4. The monoisotopic (exact) mass is 273 g/mol. The summed E-state index contributed by atoms with van der Waals surface area (Å²) < 4.78 is 9.60. The Balaban J connectivity index is 2.33. The van der Waals surface area contributed by atoms with E-state index in [9.17, 15) is 14.7 Å². The van der Waals surface area contributed by atoms with Crippen LogP contribution in [0.1, 0.15) is 26.7 Å². The number of carbonyl (C=O) groups is 2. The van der Waals surface area contributed by atoms with Crippen LogP contribution in [-0.2, 0) is 19.1 Å². The van der Waals surface area contributed by atoms with E-state index in [1.54, 1.807) is 0 Å². The summed E-state index contributed by atoms with van der Waals surface area (Å²) in [7, 11) is 1.27. The second-order valence-electron chi connectivity index (χ2n) is 5.12. The summed E-state index contributed by atoms with van der Waals surface area (Å²) in [5, 5.41) is 9.74. The zero-order valence-electron chi connectivity index (χ0n) is 11.8. The van der Waals surface area contributed by atoms with Gasteiger partial charge in [-0.3, -0.25) is 9.69 Å². The topological polar surface area (TPSA) is 76.1 Å². The van der Waals surface area contributed by atoms with Crippen LogP contribution in [0.5, 0.6) is 0 Å². The first-order valence-corrected chi connectivity index (χ1v) is 6.61. The lowest BCUT2D eigenvalue weighted by Crippen LogP contribution is -2.43. The number of ether oxygens (including phenoxy) is 2. The van der Waals surface area contributed by atoms with E-state index in [0.717, 1.165) is 0 Å². The maximum absolute atomic E-state index is 11.5. The van der Waals surface area contributed by atoms with E-state index in [1.165, 1.54) is 7.11 Å². The smallest absolute Gasteiger partial charge is 0.334 e.